The number of hydrogen-bond donors (Lipinski definition) is 3. The first kappa shape index (κ1) is 28.9. The van der Waals surface area contributed by atoms with Gasteiger partial charge in [-0.1, -0.05) is 29.8 Å². The Balaban J connectivity index is 1.52. The molecule has 2 aromatic rings. The van der Waals surface area contributed by atoms with Crippen LogP contribution in [0.5, 0.6) is 0 Å². The van der Waals surface area contributed by atoms with Crippen molar-refractivity contribution in [3.05, 3.63) is 64.4 Å². The molecule has 2 saturated heterocycles. The Morgan fingerprint density at radius 3 is 2.63 bits per heavy atom. The highest BCUT2D eigenvalue weighted by molar-refractivity contribution is 7.88. The molecule has 0 aromatic heterocycles. The van der Waals surface area contributed by atoms with Gasteiger partial charge in [0.2, 0.25) is 15.9 Å². The van der Waals surface area contributed by atoms with Crippen molar-refractivity contribution in [1.82, 2.24) is 9.62 Å². The molecule has 2 aromatic carbocycles. The summed E-state index contributed by atoms with van der Waals surface area (Å²) in [5.41, 5.74) is 8.20. The van der Waals surface area contributed by atoms with Gasteiger partial charge in [0, 0.05) is 61.1 Å². The number of sulfonamides is 1. The van der Waals surface area contributed by atoms with Gasteiger partial charge >= 0.3 is 0 Å². The number of hydrogen-bond acceptors (Lipinski definition) is 6. The Bertz CT molecular complexity index is 1210. The van der Waals surface area contributed by atoms with Crippen LogP contribution >= 0.6 is 11.6 Å². The van der Waals surface area contributed by atoms with Crippen molar-refractivity contribution in [1.29, 1.82) is 0 Å². The molecule has 38 heavy (non-hydrogen) atoms. The fourth-order valence-corrected chi connectivity index (χ4v) is 6.85. The van der Waals surface area contributed by atoms with Crippen LogP contribution in [0.1, 0.15) is 36.3 Å². The number of piperazine rings is 1. The predicted molar refractivity (Wildman–Crippen MR) is 147 cm³/mol. The molecule has 4 rings (SSSR count). The maximum absolute atomic E-state index is 15.0. The third kappa shape index (κ3) is 7.11. The first-order valence-corrected chi connectivity index (χ1v) is 15.2. The lowest BCUT2D eigenvalue weighted by Gasteiger charge is -2.34. The number of carbonyl (C=O) groups excluding carboxylic acids is 1. The summed E-state index contributed by atoms with van der Waals surface area (Å²) in [7, 11) is -3.38. The number of ether oxygens (including phenoxy) is 1. The summed E-state index contributed by atoms with van der Waals surface area (Å²) in [6, 6.07) is 10.7. The largest absolute Gasteiger partial charge is 0.381 e. The van der Waals surface area contributed by atoms with E-state index in [1.807, 2.05) is 12.1 Å². The lowest BCUT2D eigenvalue weighted by molar-refractivity contribution is -0.118. The summed E-state index contributed by atoms with van der Waals surface area (Å²) < 4.78 is 46.4. The Hall–Kier alpha value is -2.08. The van der Waals surface area contributed by atoms with Gasteiger partial charge in [-0.3, -0.25) is 4.79 Å². The van der Waals surface area contributed by atoms with Gasteiger partial charge in [-0.15, -0.1) is 0 Å². The van der Waals surface area contributed by atoms with E-state index in [0.29, 0.717) is 55.5 Å². The normalized spacial score (nSPS) is 21.1. The monoisotopic (exact) mass is 566 g/mol. The number of halogens is 2. The maximum Gasteiger partial charge on any atom is 0.241 e. The van der Waals surface area contributed by atoms with Crippen molar-refractivity contribution in [2.24, 2.45) is 11.7 Å². The molecular weight excluding hydrogens is 531 g/mol. The average Bonchev–Trinajstić information content (AvgIpc) is 2.90. The highest BCUT2D eigenvalue weighted by Crippen LogP contribution is 2.35. The molecular formula is C27H36ClFN4O4S. The maximum atomic E-state index is 15.0. The Labute approximate surface area is 229 Å². The lowest BCUT2D eigenvalue weighted by Crippen LogP contribution is -2.53. The zero-order valence-corrected chi connectivity index (χ0v) is 23.1. The van der Waals surface area contributed by atoms with Crippen molar-refractivity contribution in [3.63, 3.8) is 0 Å². The molecule has 0 aliphatic carbocycles. The highest BCUT2D eigenvalue weighted by Gasteiger charge is 2.35. The van der Waals surface area contributed by atoms with Crippen LogP contribution < -0.4 is 16.4 Å². The molecule has 4 N–H and O–H groups in total. The number of amides is 1. The average molecular weight is 567 g/mol. The smallest absolute Gasteiger partial charge is 0.241 e. The molecule has 2 aliphatic heterocycles. The SMILES string of the molecule is CS(=O)(=O)N1CCNC[C@@H]1CCc1c(F)cccc1NC(=O)[C@@H](N)[C@@H](c1ccc(Cl)cc1)C1CCOCC1. The minimum Gasteiger partial charge on any atom is -0.381 e. The molecule has 2 aliphatic rings. The van der Waals surface area contributed by atoms with E-state index in [9.17, 15) is 17.6 Å². The summed E-state index contributed by atoms with van der Waals surface area (Å²) in [6.45, 7) is 2.65. The third-order valence-corrected chi connectivity index (χ3v) is 9.13. The van der Waals surface area contributed by atoms with Crippen molar-refractivity contribution >= 4 is 33.2 Å². The summed E-state index contributed by atoms with van der Waals surface area (Å²) in [4.78, 5) is 13.5. The number of anilines is 1. The summed E-state index contributed by atoms with van der Waals surface area (Å²) in [5, 5.41) is 6.68. The third-order valence-electron chi connectivity index (χ3n) is 7.54. The van der Waals surface area contributed by atoms with E-state index in [4.69, 9.17) is 22.1 Å². The Morgan fingerprint density at radius 1 is 1.24 bits per heavy atom. The number of nitrogens with zero attached hydrogens (tertiary/aromatic N) is 1. The first-order chi connectivity index (χ1) is 18.1. The van der Waals surface area contributed by atoms with E-state index in [1.54, 1.807) is 24.3 Å². The number of carbonyl (C=O) groups is 1. The second kappa shape index (κ2) is 12.8. The van der Waals surface area contributed by atoms with E-state index >= 15 is 0 Å². The summed E-state index contributed by atoms with van der Waals surface area (Å²) in [5.74, 6) is -0.964. The lowest BCUT2D eigenvalue weighted by atomic mass is 9.76. The molecule has 8 nitrogen and oxygen atoms in total. The van der Waals surface area contributed by atoms with E-state index in [2.05, 4.69) is 10.6 Å². The summed E-state index contributed by atoms with van der Waals surface area (Å²) >= 11 is 6.10. The van der Waals surface area contributed by atoms with Crippen LogP contribution in [0.25, 0.3) is 0 Å². The Morgan fingerprint density at radius 2 is 1.95 bits per heavy atom. The van der Waals surface area contributed by atoms with Crippen molar-refractivity contribution < 1.29 is 22.3 Å². The fourth-order valence-electron chi connectivity index (χ4n) is 5.58. The predicted octanol–water partition coefficient (Wildman–Crippen LogP) is 3.12. The van der Waals surface area contributed by atoms with Gasteiger partial charge in [-0.25, -0.2) is 12.8 Å². The standard InChI is InChI=1S/C27H36ClFN4O4S/c1-38(35,36)33-14-13-31-17-21(33)9-10-22-23(29)3-2-4-24(22)32-27(34)26(30)25(19-11-15-37-16-12-19)18-5-7-20(28)8-6-18/h2-8,19,21,25-26,31H,9-17,30H2,1H3,(H,32,34)/t21-,25-,26-/m0/s1. The number of nitrogens with two attached hydrogens (primary N) is 1. The first-order valence-electron chi connectivity index (χ1n) is 13.0. The van der Waals surface area contributed by atoms with Gasteiger partial charge in [0.05, 0.1) is 12.3 Å². The number of benzene rings is 2. The van der Waals surface area contributed by atoms with E-state index in [0.717, 1.165) is 18.4 Å². The molecule has 3 atom stereocenters. The molecule has 0 bridgehead atoms. The topological polar surface area (TPSA) is 114 Å². The van der Waals surface area contributed by atoms with E-state index < -0.39 is 27.8 Å². The molecule has 0 unspecified atom stereocenters. The van der Waals surface area contributed by atoms with Crippen LogP contribution in [0, 0.1) is 11.7 Å². The number of nitrogens with one attached hydrogen (secondary N) is 2. The van der Waals surface area contributed by atoms with Crippen LogP contribution in [0.15, 0.2) is 42.5 Å². The number of rotatable bonds is 9. The molecule has 2 heterocycles. The van der Waals surface area contributed by atoms with Crippen LogP contribution in [0.3, 0.4) is 0 Å². The van der Waals surface area contributed by atoms with Crippen LogP contribution in [0.2, 0.25) is 5.02 Å². The highest BCUT2D eigenvalue weighted by atomic mass is 35.5. The molecule has 0 spiro atoms. The second-order valence-electron chi connectivity index (χ2n) is 10.1. The van der Waals surface area contributed by atoms with Crippen molar-refractivity contribution in [2.45, 2.75) is 43.7 Å². The van der Waals surface area contributed by atoms with Gasteiger partial charge in [0.25, 0.3) is 0 Å². The molecule has 0 saturated carbocycles. The molecule has 1 amide bonds. The Kier molecular flexibility index (Phi) is 9.78. The van der Waals surface area contributed by atoms with E-state index in [-0.39, 0.29) is 24.3 Å². The van der Waals surface area contributed by atoms with Crippen LogP contribution in [-0.4, -0.2) is 69.8 Å². The van der Waals surface area contributed by atoms with Gasteiger partial charge in [0.1, 0.15) is 5.82 Å². The fraction of sp³-hybridized carbons (Fsp3) is 0.519. The van der Waals surface area contributed by atoms with Gasteiger partial charge in [0.15, 0.2) is 0 Å². The van der Waals surface area contributed by atoms with Crippen molar-refractivity contribution in [3.8, 4) is 0 Å². The quantitative estimate of drug-likeness (QED) is 0.430. The summed E-state index contributed by atoms with van der Waals surface area (Å²) in [6.07, 6.45) is 3.43. The van der Waals surface area contributed by atoms with E-state index in [1.165, 1.54) is 16.6 Å². The van der Waals surface area contributed by atoms with Crippen LogP contribution in [-0.2, 0) is 26.0 Å². The molecule has 208 valence electrons. The van der Waals surface area contributed by atoms with Gasteiger partial charge in [-0.05, 0) is 61.4 Å². The van der Waals surface area contributed by atoms with Gasteiger partial charge < -0.3 is 21.1 Å². The molecule has 0 radical (unpaired) electrons. The van der Waals surface area contributed by atoms with Gasteiger partial charge in [-0.2, -0.15) is 4.31 Å². The molecule has 2 fully saturated rings. The minimum atomic E-state index is -3.38. The molecule has 11 heteroatoms. The zero-order chi connectivity index (χ0) is 27.3. The second-order valence-corrected chi connectivity index (χ2v) is 12.4. The van der Waals surface area contributed by atoms with Crippen molar-refractivity contribution in [2.75, 3.05) is 44.4 Å². The zero-order valence-electron chi connectivity index (χ0n) is 21.5. The van der Waals surface area contributed by atoms with Crippen LogP contribution in [0.4, 0.5) is 10.1 Å². The minimum absolute atomic E-state index is 0.151.